The Bertz CT molecular complexity index is 1280. The van der Waals surface area contributed by atoms with Crippen LogP contribution in [0.2, 0.25) is 0 Å². The second-order valence-electron chi connectivity index (χ2n) is 6.87. The largest absolute Gasteiger partial charge is 0.309 e. The number of nitrogens with zero attached hydrogens (tertiary/aromatic N) is 2. The Kier molecular flexibility index (Phi) is 6.10. The predicted octanol–water partition coefficient (Wildman–Crippen LogP) is 5.36. The molecule has 4 aromatic rings. The van der Waals surface area contributed by atoms with Crippen LogP contribution in [0.4, 0.5) is 5.13 Å². The van der Waals surface area contributed by atoms with Gasteiger partial charge in [0.1, 0.15) is 10.7 Å². The van der Waals surface area contributed by atoms with Crippen LogP contribution < -0.4 is 10.9 Å². The van der Waals surface area contributed by atoms with Crippen LogP contribution >= 0.6 is 45.8 Å². The zero-order valence-corrected chi connectivity index (χ0v) is 20.1. The summed E-state index contributed by atoms with van der Waals surface area (Å²) >= 11 is 6.05. The highest BCUT2D eigenvalue weighted by atomic mass is 32.2. The smallest absolute Gasteiger partial charge is 0.259 e. The number of thiophene rings is 2. The van der Waals surface area contributed by atoms with Crippen molar-refractivity contribution in [3.63, 3.8) is 0 Å². The fourth-order valence-electron chi connectivity index (χ4n) is 2.87. The van der Waals surface area contributed by atoms with Gasteiger partial charge in [-0.15, -0.1) is 45.8 Å². The second-order valence-corrected chi connectivity index (χ2v) is 11.5. The van der Waals surface area contributed by atoms with Gasteiger partial charge in [0.25, 0.3) is 5.56 Å². The normalized spacial score (nSPS) is 12.4. The van der Waals surface area contributed by atoms with Crippen molar-refractivity contribution in [3.05, 3.63) is 49.0 Å². The molecule has 1 atom stereocenters. The quantitative estimate of drug-likeness (QED) is 0.391. The van der Waals surface area contributed by atoms with E-state index in [1.165, 1.54) is 39.3 Å². The lowest BCUT2D eigenvalue weighted by Gasteiger charge is -2.10. The first-order chi connectivity index (χ1) is 14.3. The Morgan fingerprint density at radius 1 is 1.23 bits per heavy atom. The molecule has 0 bridgehead atoms. The molecule has 10 heteroatoms. The Labute approximate surface area is 189 Å². The second kappa shape index (κ2) is 8.62. The summed E-state index contributed by atoms with van der Waals surface area (Å²) in [7, 11) is 0. The van der Waals surface area contributed by atoms with Gasteiger partial charge in [-0.25, -0.2) is 9.97 Å². The lowest BCUT2D eigenvalue weighted by Crippen LogP contribution is -2.23. The number of rotatable bonds is 6. The zero-order valence-electron chi connectivity index (χ0n) is 16.9. The SMILES string of the molecule is Cc1ccc(-c2csc(NC(=O)C(C)SCc3nc4sc(C)c(C)c4c(=O)[nH]3)n2)s1. The summed E-state index contributed by atoms with van der Waals surface area (Å²) in [6.07, 6.45) is 0. The first-order valence-corrected chi connectivity index (χ1v) is 12.8. The van der Waals surface area contributed by atoms with Gasteiger partial charge in [0.2, 0.25) is 5.91 Å². The van der Waals surface area contributed by atoms with Gasteiger partial charge in [0.05, 0.1) is 27.0 Å². The third kappa shape index (κ3) is 4.36. The maximum absolute atomic E-state index is 12.6. The van der Waals surface area contributed by atoms with E-state index in [4.69, 9.17) is 0 Å². The molecule has 6 nitrogen and oxygen atoms in total. The maximum atomic E-state index is 12.6. The molecule has 4 heterocycles. The number of carbonyl (C=O) groups excluding carboxylic acids is 1. The molecule has 30 heavy (non-hydrogen) atoms. The van der Waals surface area contributed by atoms with Gasteiger partial charge >= 0.3 is 0 Å². The van der Waals surface area contributed by atoms with E-state index in [2.05, 4.69) is 33.3 Å². The number of anilines is 1. The van der Waals surface area contributed by atoms with Crippen LogP contribution in [0.1, 0.15) is 28.1 Å². The van der Waals surface area contributed by atoms with E-state index in [1.54, 1.807) is 11.3 Å². The van der Waals surface area contributed by atoms with Crippen molar-refractivity contribution in [2.45, 2.75) is 38.7 Å². The average Bonchev–Trinajstić information content (AvgIpc) is 3.40. The Hall–Kier alpha value is -2.01. The van der Waals surface area contributed by atoms with Crippen molar-refractivity contribution in [1.29, 1.82) is 0 Å². The highest BCUT2D eigenvalue weighted by Crippen LogP contribution is 2.31. The lowest BCUT2D eigenvalue weighted by atomic mass is 10.2. The van der Waals surface area contributed by atoms with Crippen molar-refractivity contribution in [2.24, 2.45) is 0 Å². The van der Waals surface area contributed by atoms with Crippen LogP contribution in [-0.4, -0.2) is 26.1 Å². The summed E-state index contributed by atoms with van der Waals surface area (Å²) in [5.74, 6) is 0.922. The zero-order chi connectivity index (χ0) is 21.4. The molecule has 4 aromatic heterocycles. The van der Waals surface area contributed by atoms with Crippen molar-refractivity contribution in [3.8, 4) is 10.6 Å². The number of carbonyl (C=O) groups is 1. The molecule has 0 fully saturated rings. The van der Waals surface area contributed by atoms with Gasteiger partial charge < -0.3 is 10.3 Å². The fraction of sp³-hybridized carbons (Fsp3) is 0.300. The number of nitrogens with one attached hydrogen (secondary N) is 2. The molecule has 0 aliphatic rings. The fourth-order valence-corrected chi connectivity index (χ4v) is 6.29. The minimum absolute atomic E-state index is 0.116. The van der Waals surface area contributed by atoms with Crippen molar-refractivity contribution < 1.29 is 4.79 Å². The summed E-state index contributed by atoms with van der Waals surface area (Å²) in [5.41, 5.74) is 1.75. The molecule has 0 saturated carbocycles. The number of aromatic nitrogens is 3. The molecule has 0 spiro atoms. The van der Waals surface area contributed by atoms with Gasteiger partial charge in [-0.05, 0) is 45.4 Å². The number of thiazole rings is 1. The van der Waals surface area contributed by atoms with E-state index in [9.17, 15) is 9.59 Å². The van der Waals surface area contributed by atoms with Crippen LogP contribution in [-0.2, 0) is 10.5 Å². The van der Waals surface area contributed by atoms with Gasteiger partial charge in [0.15, 0.2) is 5.13 Å². The van der Waals surface area contributed by atoms with Crippen LogP contribution in [0.3, 0.4) is 0 Å². The molecule has 0 aliphatic heterocycles. The number of amides is 1. The molecule has 0 aromatic carbocycles. The minimum atomic E-state index is -0.311. The van der Waals surface area contributed by atoms with E-state index in [1.807, 2.05) is 32.2 Å². The van der Waals surface area contributed by atoms with Gasteiger partial charge in [-0.1, -0.05) is 0 Å². The van der Waals surface area contributed by atoms with Crippen LogP contribution in [0.15, 0.2) is 22.3 Å². The van der Waals surface area contributed by atoms with E-state index in [-0.39, 0.29) is 16.7 Å². The average molecular weight is 477 g/mol. The third-order valence-electron chi connectivity index (χ3n) is 4.65. The predicted molar refractivity (Wildman–Crippen MR) is 129 cm³/mol. The monoisotopic (exact) mass is 476 g/mol. The molecule has 1 amide bonds. The summed E-state index contributed by atoms with van der Waals surface area (Å²) in [6, 6.07) is 4.10. The van der Waals surface area contributed by atoms with E-state index in [0.717, 1.165) is 25.8 Å². The van der Waals surface area contributed by atoms with Crippen molar-refractivity contribution in [2.75, 3.05) is 5.32 Å². The summed E-state index contributed by atoms with van der Waals surface area (Å²) in [6.45, 7) is 7.83. The molecule has 0 radical (unpaired) electrons. The lowest BCUT2D eigenvalue weighted by molar-refractivity contribution is -0.115. The number of hydrogen-bond donors (Lipinski definition) is 2. The minimum Gasteiger partial charge on any atom is -0.309 e. The number of hydrogen-bond acceptors (Lipinski definition) is 8. The standard InChI is InChI=1S/C20H20N4O2S4/c1-9-5-6-14(29-9)13-7-28-20(21-13)24-17(25)12(4)27-8-15-22-18(26)16-10(2)11(3)30-19(16)23-15/h5-7,12H,8H2,1-4H3,(H,21,24,25)(H,22,23,26). The molecule has 0 saturated heterocycles. The summed E-state index contributed by atoms with van der Waals surface area (Å²) < 4.78 is 0. The van der Waals surface area contributed by atoms with Crippen molar-refractivity contribution in [1.82, 2.24) is 15.0 Å². The molecule has 0 aliphatic carbocycles. The molecular formula is C20H20N4O2S4. The highest BCUT2D eigenvalue weighted by Gasteiger charge is 2.18. The van der Waals surface area contributed by atoms with Crippen molar-refractivity contribution >= 4 is 67.0 Å². The van der Waals surface area contributed by atoms with Crippen LogP contribution in [0, 0.1) is 20.8 Å². The Morgan fingerprint density at radius 3 is 2.77 bits per heavy atom. The number of fused-ring (bicyclic) bond motifs is 1. The summed E-state index contributed by atoms with van der Waals surface area (Å²) in [5, 5.41) is 5.78. The van der Waals surface area contributed by atoms with E-state index >= 15 is 0 Å². The highest BCUT2D eigenvalue weighted by molar-refractivity contribution is 7.99. The molecule has 156 valence electrons. The molecule has 1 unspecified atom stereocenters. The van der Waals surface area contributed by atoms with Crippen LogP contribution in [0.25, 0.3) is 20.8 Å². The summed E-state index contributed by atoms with van der Waals surface area (Å²) in [4.78, 5) is 41.1. The van der Waals surface area contributed by atoms with E-state index < -0.39 is 0 Å². The molecular weight excluding hydrogens is 457 g/mol. The maximum Gasteiger partial charge on any atom is 0.259 e. The number of H-pyrrole nitrogens is 1. The number of thioether (sulfide) groups is 1. The first-order valence-electron chi connectivity index (χ1n) is 9.25. The van der Waals surface area contributed by atoms with Gasteiger partial charge in [0, 0.05) is 15.1 Å². The third-order valence-corrected chi connectivity index (χ3v) is 8.69. The van der Waals surface area contributed by atoms with Crippen LogP contribution in [0.5, 0.6) is 0 Å². The van der Waals surface area contributed by atoms with Gasteiger partial charge in [-0.2, -0.15) is 0 Å². The Morgan fingerprint density at radius 2 is 2.03 bits per heavy atom. The first kappa shape index (κ1) is 21.2. The molecule has 4 rings (SSSR count). The number of aromatic amines is 1. The Balaban J connectivity index is 1.39. The van der Waals surface area contributed by atoms with Gasteiger partial charge in [-0.3, -0.25) is 9.59 Å². The topological polar surface area (TPSA) is 87.7 Å². The molecule has 2 N–H and O–H groups in total. The number of aryl methyl sites for hydroxylation is 3. The van der Waals surface area contributed by atoms with E-state index in [0.29, 0.717) is 22.1 Å².